The van der Waals surface area contributed by atoms with E-state index in [0.717, 1.165) is 18.3 Å². The normalized spacial score (nSPS) is 58.4. The summed E-state index contributed by atoms with van der Waals surface area (Å²) in [5.41, 5.74) is 1.20. The van der Waals surface area contributed by atoms with Gasteiger partial charge in [0.1, 0.15) is 0 Å². The number of hydrogen-bond acceptors (Lipinski definition) is 1. The summed E-state index contributed by atoms with van der Waals surface area (Å²) in [5.74, 6) is 2.38. The van der Waals surface area contributed by atoms with Gasteiger partial charge in [0.2, 0.25) is 0 Å². The molecule has 0 radical (unpaired) electrons. The van der Waals surface area contributed by atoms with Crippen molar-refractivity contribution in [1.82, 2.24) is 0 Å². The molecule has 0 aromatic heterocycles. The standard InChI is InChI=1S/C20H34O/c1-17(2)9-5-10-18(3)15(17)8-11-20-12-14(6-7-16(18)20)19(4,21)13-20/h14-16,21H,5-13H2,1-4H3/t14-,15-,16-,18-,19+,20-/m0/s1. The van der Waals surface area contributed by atoms with Crippen LogP contribution >= 0.6 is 0 Å². The van der Waals surface area contributed by atoms with Gasteiger partial charge in [-0.25, -0.2) is 0 Å². The highest BCUT2D eigenvalue weighted by Crippen LogP contribution is 2.72. The molecule has 0 aliphatic heterocycles. The van der Waals surface area contributed by atoms with Crippen LogP contribution in [0.25, 0.3) is 0 Å². The minimum Gasteiger partial charge on any atom is -0.390 e. The topological polar surface area (TPSA) is 20.2 Å². The molecule has 1 spiro atoms. The molecule has 21 heavy (non-hydrogen) atoms. The van der Waals surface area contributed by atoms with Gasteiger partial charge in [-0.15, -0.1) is 0 Å². The zero-order valence-electron chi connectivity index (χ0n) is 14.5. The van der Waals surface area contributed by atoms with Gasteiger partial charge in [0, 0.05) is 0 Å². The third-order valence-electron chi connectivity index (χ3n) is 8.79. The van der Waals surface area contributed by atoms with Crippen LogP contribution in [0, 0.1) is 34.0 Å². The summed E-state index contributed by atoms with van der Waals surface area (Å²) in [6.07, 6.45) is 12.2. The van der Waals surface area contributed by atoms with E-state index < -0.39 is 0 Å². The molecule has 6 atom stereocenters. The van der Waals surface area contributed by atoms with Crippen molar-refractivity contribution in [3.63, 3.8) is 0 Å². The molecule has 0 aromatic rings. The second-order valence-corrected chi connectivity index (χ2v) is 10.4. The Kier molecular flexibility index (Phi) is 2.82. The van der Waals surface area contributed by atoms with Crippen LogP contribution in [0.4, 0.5) is 0 Å². The molecule has 4 rings (SSSR count). The van der Waals surface area contributed by atoms with Crippen LogP contribution in [-0.4, -0.2) is 10.7 Å². The summed E-state index contributed by atoms with van der Waals surface area (Å²) in [6.45, 7) is 9.83. The maximum Gasteiger partial charge on any atom is 0.0653 e. The van der Waals surface area contributed by atoms with Gasteiger partial charge in [-0.2, -0.15) is 0 Å². The Morgan fingerprint density at radius 3 is 2.38 bits per heavy atom. The Balaban J connectivity index is 1.73. The van der Waals surface area contributed by atoms with Crippen LogP contribution in [0.2, 0.25) is 0 Å². The Morgan fingerprint density at radius 2 is 1.62 bits per heavy atom. The first-order valence-corrected chi connectivity index (χ1v) is 9.42. The molecule has 1 N–H and O–H groups in total. The highest BCUT2D eigenvalue weighted by Gasteiger charge is 2.65. The number of hydrogen-bond donors (Lipinski definition) is 1. The van der Waals surface area contributed by atoms with Gasteiger partial charge in [-0.05, 0) is 92.3 Å². The highest BCUT2D eigenvalue weighted by atomic mass is 16.3. The lowest BCUT2D eigenvalue weighted by Gasteiger charge is -2.64. The fourth-order valence-electron chi connectivity index (χ4n) is 8.12. The average Bonchev–Trinajstić information content (AvgIpc) is 2.53. The number of aliphatic hydroxyl groups is 1. The van der Waals surface area contributed by atoms with Crippen molar-refractivity contribution in [2.24, 2.45) is 34.0 Å². The van der Waals surface area contributed by atoms with Crippen LogP contribution in [0.1, 0.15) is 85.5 Å². The quantitative estimate of drug-likeness (QED) is 0.652. The van der Waals surface area contributed by atoms with Gasteiger partial charge in [0.05, 0.1) is 5.60 Å². The Morgan fingerprint density at radius 1 is 0.857 bits per heavy atom. The van der Waals surface area contributed by atoms with Crippen molar-refractivity contribution >= 4 is 0 Å². The molecule has 4 aliphatic carbocycles. The maximum absolute atomic E-state index is 10.9. The molecule has 0 amide bonds. The summed E-state index contributed by atoms with van der Waals surface area (Å²) in [5, 5.41) is 10.9. The lowest BCUT2D eigenvalue weighted by atomic mass is 9.41. The van der Waals surface area contributed by atoms with E-state index in [0.29, 0.717) is 22.2 Å². The van der Waals surface area contributed by atoms with Gasteiger partial charge in [-0.1, -0.05) is 27.2 Å². The summed E-state index contributed by atoms with van der Waals surface area (Å²) in [4.78, 5) is 0. The van der Waals surface area contributed by atoms with E-state index in [1.165, 1.54) is 51.4 Å². The van der Waals surface area contributed by atoms with Crippen molar-refractivity contribution in [2.45, 2.75) is 91.1 Å². The summed E-state index contributed by atoms with van der Waals surface area (Å²) >= 11 is 0. The minimum absolute atomic E-state index is 0.373. The number of fused-ring (bicyclic) bond motifs is 3. The lowest BCUT2D eigenvalue weighted by Crippen LogP contribution is -2.55. The first-order valence-electron chi connectivity index (χ1n) is 9.42. The van der Waals surface area contributed by atoms with E-state index in [9.17, 15) is 5.11 Å². The number of rotatable bonds is 0. The zero-order chi connectivity index (χ0) is 15.1. The van der Waals surface area contributed by atoms with Crippen molar-refractivity contribution in [2.75, 3.05) is 0 Å². The Labute approximate surface area is 130 Å². The maximum atomic E-state index is 10.9. The first-order chi connectivity index (χ1) is 9.70. The van der Waals surface area contributed by atoms with Gasteiger partial charge in [0.15, 0.2) is 0 Å². The molecular weight excluding hydrogens is 256 g/mol. The molecular formula is C20H34O. The van der Waals surface area contributed by atoms with Crippen LogP contribution in [0.3, 0.4) is 0 Å². The molecule has 4 fully saturated rings. The molecule has 2 bridgehead atoms. The molecule has 1 nitrogen and oxygen atoms in total. The largest absolute Gasteiger partial charge is 0.390 e. The predicted octanol–water partition coefficient (Wildman–Crippen LogP) is 5.17. The van der Waals surface area contributed by atoms with E-state index in [-0.39, 0.29) is 5.60 Å². The first kappa shape index (κ1) is 14.5. The van der Waals surface area contributed by atoms with Crippen LogP contribution in [0.5, 0.6) is 0 Å². The Bertz CT molecular complexity index is 451. The van der Waals surface area contributed by atoms with Gasteiger partial charge >= 0.3 is 0 Å². The second-order valence-electron chi connectivity index (χ2n) is 10.4. The van der Waals surface area contributed by atoms with E-state index in [2.05, 4.69) is 27.7 Å². The molecule has 0 saturated heterocycles. The smallest absolute Gasteiger partial charge is 0.0653 e. The zero-order valence-corrected chi connectivity index (χ0v) is 14.5. The van der Waals surface area contributed by atoms with E-state index in [4.69, 9.17) is 0 Å². The van der Waals surface area contributed by atoms with Crippen LogP contribution in [0.15, 0.2) is 0 Å². The van der Waals surface area contributed by atoms with Gasteiger partial charge < -0.3 is 5.11 Å². The van der Waals surface area contributed by atoms with Crippen molar-refractivity contribution in [1.29, 1.82) is 0 Å². The summed E-state index contributed by atoms with van der Waals surface area (Å²) < 4.78 is 0. The highest BCUT2D eigenvalue weighted by molar-refractivity contribution is 5.15. The fraction of sp³-hybridized carbons (Fsp3) is 1.00. The third-order valence-corrected chi connectivity index (χ3v) is 8.79. The van der Waals surface area contributed by atoms with Crippen LogP contribution in [-0.2, 0) is 0 Å². The fourth-order valence-corrected chi connectivity index (χ4v) is 8.12. The molecule has 120 valence electrons. The van der Waals surface area contributed by atoms with E-state index in [1.807, 2.05) is 0 Å². The molecule has 0 aromatic carbocycles. The summed E-state index contributed by atoms with van der Waals surface area (Å²) in [7, 11) is 0. The third kappa shape index (κ3) is 1.79. The monoisotopic (exact) mass is 290 g/mol. The molecule has 1 heteroatoms. The second kappa shape index (κ2) is 4.08. The van der Waals surface area contributed by atoms with Crippen molar-refractivity contribution in [3.05, 3.63) is 0 Å². The van der Waals surface area contributed by atoms with Crippen molar-refractivity contribution < 1.29 is 5.11 Å². The molecule has 4 aliphatic rings. The lowest BCUT2D eigenvalue weighted by molar-refractivity contribution is -0.145. The minimum atomic E-state index is -0.373. The molecule has 0 unspecified atom stereocenters. The van der Waals surface area contributed by atoms with Crippen LogP contribution < -0.4 is 0 Å². The van der Waals surface area contributed by atoms with E-state index in [1.54, 1.807) is 0 Å². The van der Waals surface area contributed by atoms with E-state index >= 15 is 0 Å². The van der Waals surface area contributed by atoms with Gasteiger partial charge in [-0.3, -0.25) is 0 Å². The van der Waals surface area contributed by atoms with Crippen molar-refractivity contribution in [3.8, 4) is 0 Å². The SMILES string of the molecule is CC1(C)CCC[C@]2(C)[C@@H]3CC[C@H]4C[C@@]3(CC[C@@H]12)C[C@@]4(C)O. The van der Waals surface area contributed by atoms with Gasteiger partial charge in [0.25, 0.3) is 0 Å². The predicted molar refractivity (Wildman–Crippen MR) is 87.0 cm³/mol. The molecule has 0 heterocycles. The molecule has 4 saturated carbocycles. The Hall–Kier alpha value is -0.0400. The average molecular weight is 290 g/mol. The summed E-state index contributed by atoms with van der Waals surface area (Å²) in [6, 6.07) is 0.